The Morgan fingerprint density at radius 2 is 1.58 bits per heavy atom. The van der Waals surface area contributed by atoms with Crippen LogP contribution >= 0.6 is 0 Å². The van der Waals surface area contributed by atoms with Crippen LogP contribution in [0.15, 0.2) is 42.5 Å². The molecule has 0 unspecified atom stereocenters. The second kappa shape index (κ2) is 6.19. The van der Waals surface area contributed by atoms with Crippen LogP contribution in [0.4, 0.5) is 10.3 Å². The first kappa shape index (κ1) is 15.1. The Morgan fingerprint density at radius 1 is 0.875 bits per heavy atom. The average Bonchev–Trinajstić information content (AvgIpc) is 2.63. The van der Waals surface area contributed by atoms with Gasteiger partial charge in [0, 0.05) is 18.5 Å². The van der Waals surface area contributed by atoms with Crippen LogP contribution < -0.4 is 4.90 Å². The lowest BCUT2D eigenvalue weighted by Gasteiger charge is -2.27. The maximum atomic E-state index is 13.1. The standard InChI is InChI=1S/C20H20FN3/c1-14-18-13-16(15-5-8-17(21)9-6-15)7-10-19(18)23-20(22-14)24-11-3-2-4-12-24/h5-10,13H,2-4,11-12H2,1H3. The Hall–Kier alpha value is -2.49. The number of hydrogen-bond donors (Lipinski definition) is 0. The van der Waals surface area contributed by atoms with Crippen molar-refractivity contribution in [2.75, 3.05) is 18.0 Å². The van der Waals surface area contributed by atoms with Crippen LogP contribution in [-0.4, -0.2) is 23.1 Å². The third-order valence-corrected chi connectivity index (χ3v) is 4.69. The molecule has 0 radical (unpaired) electrons. The molecule has 0 spiro atoms. The molecule has 3 aromatic rings. The van der Waals surface area contributed by atoms with Gasteiger partial charge in [0.25, 0.3) is 0 Å². The first-order chi connectivity index (χ1) is 11.7. The molecule has 1 aromatic heterocycles. The monoisotopic (exact) mass is 321 g/mol. The number of aromatic nitrogens is 2. The molecule has 2 heterocycles. The Bertz CT molecular complexity index is 868. The molecule has 0 N–H and O–H groups in total. The minimum Gasteiger partial charge on any atom is -0.341 e. The van der Waals surface area contributed by atoms with E-state index < -0.39 is 0 Å². The van der Waals surface area contributed by atoms with E-state index in [2.05, 4.69) is 11.0 Å². The zero-order chi connectivity index (χ0) is 16.5. The molecule has 3 nitrogen and oxygen atoms in total. The predicted octanol–water partition coefficient (Wildman–Crippen LogP) is 4.73. The lowest BCUT2D eigenvalue weighted by Crippen LogP contribution is -2.31. The summed E-state index contributed by atoms with van der Waals surface area (Å²) in [6, 6.07) is 12.8. The number of piperidine rings is 1. The molecule has 1 saturated heterocycles. The van der Waals surface area contributed by atoms with E-state index in [1.165, 1.54) is 31.4 Å². The Labute approximate surface area is 141 Å². The summed E-state index contributed by atoms with van der Waals surface area (Å²) in [5.74, 6) is 0.624. The molecule has 0 aliphatic carbocycles. The van der Waals surface area contributed by atoms with Crippen molar-refractivity contribution in [1.29, 1.82) is 0 Å². The molecule has 122 valence electrons. The van der Waals surface area contributed by atoms with Crippen molar-refractivity contribution < 1.29 is 4.39 Å². The number of fused-ring (bicyclic) bond motifs is 1. The van der Waals surface area contributed by atoms with Gasteiger partial charge in [-0.15, -0.1) is 0 Å². The van der Waals surface area contributed by atoms with E-state index in [1.807, 2.05) is 19.1 Å². The molecule has 4 heteroatoms. The number of hydrogen-bond acceptors (Lipinski definition) is 3. The average molecular weight is 321 g/mol. The number of benzene rings is 2. The van der Waals surface area contributed by atoms with Crippen molar-refractivity contribution in [2.45, 2.75) is 26.2 Å². The maximum Gasteiger partial charge on any atom is 0.226 e. The summed E-state index contributed by atoms with van der Waals surface area (Å²) < 4.78 is 13.1. The van der Waals surface area contributed by atoms with Gasteiger partial charge in [0.05, 0.1) is 11.2 Å². The number of halogens is 1. The number of anilines is 1. The van der Waals surface area contributed by atoms with Crippen LogP contribution in [0.5, 0.6) is 0 Å². The summed E-state index contributed by atoms with van der Waals surface area (Å²) in [4.78, 5) is 11.8. The molecule has 0 bridgehead atoms. The van der Waals surface area contributed by atoms with Gasteiger partial charge in [-0.25, -0.2) is 14.4 Å². The lowest BCUT2D eigenvalue weighted by atomic mass is 10.0. The maximum absolute atomic E-state index is 13.1. The Kier molecular flexibility index (Phi) is 3.89. The molecule has 0 saturated carbocycles. The fourth-order valence-electron chi connectivity index (χ4n) is 3.32. The van der Waals surface area contributed by atoms with Gasteiger partial charge in [0.15, 0.2) is 0 Å². The lowest BCUT2D eigenvalue weighted by molar-refractivity contribution is 0.568. The zero-order valence-corrected chi connectivity index (χ0v) is 13.8. The topological polar surface area (TPSA) is 29.0 Å². The van der Waals surface area contributed by atoms with Crippen molar-refractivity contribution in [3.05, 3.63) is 54.0 Å². The van der Waals surface area contributed by atoms with E-state index in [-0.39, 0.29) is 5.82 Å². The summed E-state index contributed by atoms with van der Waals surface area (Å²) in [5.41, 5.74) is 4.01. The first-order valence-electron chi connectivity index (χ1n) is 8.50. The number of rotatable bonds is 2. The van der Waals surface area contributed by atoms with Gasteiger partial charge in [-0.2, -0.15) is 0 Å². The summed E-state index contributed by atoms with van der Waals surface area (Å²) >= 11 is 0. The van der Waals surface area contributed by atoms with Crippen molar-refractivity contribution in [2.24, 2.45) is 0 Å². The van der Waals surface area contributed by atoms with Crippen LogP contribution in [-0.2, 0) is 0 Å². The van der Waals surface area contributed by atoms with E-state index in [4.69, 9.17) is 9.97 Å². The molecule has 2 aromatic carbocycles. The molecule has 4 rings (SSSR count). The SMILES string of the molecule is Cc1nc(N2CCCCC2)nc2ccc(-c3ccc(F)cc3)cc12. The van der Waals surface area contributed by atoms with Gasteiger partial charge in [0.2, 0.25) is 5.95 Å². The van der Waals surface area contributed by atoms with Crippen LogP contribution in [0, 0.1) is 12.7 Å². The highest BCUT2D eigenvalue weighted by molar-refractivity contribution is 5.87. The highest BCUT2D eigenvalue weighted by Gasteiger charge is 2.15. The molecule has 1 aliphatic rings. The summed E-state index contributed by atoms with van der Waals surface area (Å²) in [5, 5.41) is 1.05. The summed E-state index contributed by atoms with van der Waals surface area (Å²) in [6.07, 6.45) is 3.72. The smallest absolute Gasteiger partial charge is 0.226 e. The summed E-state index contributed by atoms with van der Waals surface area (Å²) in [7, 11) is 0. The third kappa shape index (κ3) is 2.84. The summed E-state index contributed by atoms with van der Waals surface area (Å²) in [6.45, 7) is 4.11. The van der Waals surface area contributed by atoms with Crippen LogP contribution in [0.25, 0.3) is 22.0 Å². The fraction of sp³-hybridized carbons (Fsp3) is 0.300. The van der Waals surface area contributed by atoms with Gasteiger partial charge in [-0.1, -0.05) is 18.2 Å². The molecule has 1 fully saturated rings. The van der Waals surface area contributed by atoms with E-state index in [0.29, 0.717) is 0 Å². The van der Waals surface area contributed by atoms with Crippen LogP contribution in [0.3, 0.4) is 0 Å². The van der Waals surface area contributed by atoms with Crippen molar-refractivity contribution in [3.63, 3.8) is 0 Å². The molecule has 1 aliphatic heterocycles. The van der Waals surface area contributed by atoms with E-state index in [9.17, 15) is 4.39 Å². The molecular weight excluding hydrogens is 301 g/mol. The van der Waals surface area contributed by atoms with Crippen LogP contribution in [0.1, 0.15) is 25.0 Å². The van der Waals surface area contributed by atoms with Crippen molar-refractivity contribution in [1.82, 2.24) is 9.97 Å². The van der Waals surface area contributed by atoms with Crippen LogP contribution in [0.2, 0.25) is 0 Å². The number of nitrogens with zero attached hydrogens (tertiary/aromatic N) is 3. The molecular formula is C20H20FN3. The quantitative estimate of drug-likeness (QED) is 0.683. The van der Waals surface area contributed by atoms with Gasteiger partial charge in [-0.3, -0.25) is 0 Å². The normalized spacial score (nSPS) is 15.0. The number of aryl methyl sites for hydroxylation is 1. The fourth-order valence-corrected chi connectivity index (χ4v) is 3.32. The van der Waals surface area contributed by atoms with Crippen molar-refractivity contribution >= 4 is 16.9 Å². The van der Waals surface area contributed by atoms with Crippen molar-refractivity contribution in [3.8, 4) is 11.1 Å². The third-order valence-electron chi connectivity index (χ3n) is 4.69. The van der Waals surface area contributed by atoms with Gasteiger partial charge in [0.1, 0.15) is 5.82 Å². The van der Waals surface area contributed by atoms with Gasteiger partial charge in [-0.05, 0) is 61.6 Å². The predicted molar refractivity (Wildman–Crippen MR) is 95.7 cm³/mol. The second-order valence-corrected chi connectivity index (χ2v) is 6.40. The van der Waals surface area contributed by atoms with Gasteiger partial charge >= 0.3 is 0 Å². The minimum absolute atomic E-state index is 0.217. The Balaban J connectivity index is 1.74. The minimum atomic E-state index is -0.217. The van der Waals surface area contributed by atoms with Gasteiger partial charge < -0.3 is 4.90 Å². The molecule has 24 heavy (non-hydrogen) atoms. The van der Waals surface area contributed by atoms with E-state index in [1.54, 1.807) is 12.1 Å². The second-order valence-electron chi connectivity index (χ2n) is 6.40. The Morgan fingerprint density at radius 3 is 2.33 bits per heavy atom. The largest absolute Gasteiger partial charge is 0.341 e. The highest BCUT2D eigenvalue weighted by atomic mass is 19.1. The highest BCUT2D eigenvalue weighted by Crippen LogP contribution is 2.27. The van der Waals surface area contributed by atoms with E-state index in [0.717, 1.165) is 46.8 Å². The molecule has 0 atom stereocenters. The zero-order valence-electron chi connectivity index (χ0n) is 13.8. The first-order valence-corrected chi connectivity index (χ1v) is 8.50. The molecule has 0 amide bonds. The van der Waals surface area contributed by atoms with E-state index >= 15 is 0 Å².